The van der Waals surface area contributed by atoms with Crippen molar-refractivity contribution in [2.75, 3.05) is 13.1 Å². The summed E-state index contributed by atoms with van der Waals surface area (Å²) in [7, 11) is 0. The lowest BCUT2D eigenvalue weighted by Crippen LogP contribution is -2.35. The third-order valence-electron chi connectivity index (χ3n) is 3.82. The van der Waals surface area contributed by atoms with Crippen molar-refractivity contribution in [2.24, 2.45) is 5.73 Å². The summed E-state index contributed by atoms with van der Waals surface area (Å²) in [6.45, 7) is 3.31. The Hall–Kier alpha value is -1.55. The maximum absolute atomic E-state index is 12.5. The number of carbonyl (C=O) groups is 1. The Morgan fingerprint density at radius 1 is 1.53 bits per heavy atom. The van der Waals surface area contributed by atoms with Gasteiger partial charge < -0.3 is 15.7 Å². The van der Waals surface area contributed by atoms with Gasteiger partial charge in [0, 0.05) is 18.2 Å². The largest absolute Gasteiger partial charge is 0.508 e. The molecule has 1 aliphatic rings. The monoisotopic (exact) mass is 262 g/mol. The first-order valence-electron chi connectivity index (χ1n) is 6.94. The predicted octanol–water partition coefficient (Wildman–Crippen LogP) is 2.04. The molecule has 1 aromatic rings. The zero-order chi connectivity index (χ0) is 13.8. The fourth-order valence-electron chi connectivity index (χ4n) is 2.71. The minimum absolute atomic E-state index is 0.0719. The van der Waals surface area contributed by atoms with Gasteiger partial charge in [0.15, 0.2) is 0 Å². The minimum Gasteiger partial charge on any atom is -0.508 e. The van der Waals surface area contributed by atoms with Gasteiger partial charge in [0.2, 0.25) is 0 Å². The van der Waals surface area contributed by atoms with Crippen molar-refractivity contribution < 1.29 is 9.90 Å². The minimum atomic E-state index is 0.0719. The molecule has 1 fully saturated rings. The number of aryl methyl sites for hydroxylation is 1. The van der Waals surface area contributed by atoms with E-state index in [0.29, 0.717) is 18.2 Å². The van der Waals surface area contributed by atoms with Crippen molar-refractivity contribution in [3.05, 3.63) is 29.3 Å². The molecule has 0 bridgehead atoms. The molecule has 0 saturated carbocycles. The van der Waals surface area contributed by atoms with Crippen molar-refractivity contribution in [1.82, 2.24) is 4.90 Å². The van der Waals surface area contributed by atoms with Crippen LogP contribution < -0.4 is 5.73 Å². The molecule has 0 aliphatic carbocycles. The number of hydrogen-bond donors (Lipinski definition) is 2. The molecule has 1 amide bonds. The van der Waals surface area contributed by atoms with Crippen LogP contribution in [0.25, 0.3) is 0 Å². The highest BCUT2D eigenvalue weighted by Crippen LogP contribution is 2.25. The van der Waals surface area contributed by atoms with E-state index in [1.54, 1.807) is 18.2 Å². The summed E-state index contributed by atoms with van der Waals surface area (Å²) in [5, 5.41) is 9.52. The number of carbonyl (C=O) groups excluding carboxylic acids is 1. The van der Waals surface area contributed by atoms with Crippen LogP contribution in [0.15, 0.2) is 18.2 Å². The topological polar surface area (TPSA) is 66.6 Å². The van der Waals surface area contributed by atoms with Crippen LogP contribution in [-0.2, 0) is 0 Å². The molecule has 4 heteroatoms. The van der Waals surface area contributed by atoms with Crippen molar-refractivity contribution in [3.63, 3.8) is 0 Å². The van der Waals surface area contributed by atoms with Gasteiger partial charge in [-0.1, -0.05) is 0 Å². The number of amides is 1. The number of aromatic hydroxyl groups is 1. The first-order chi connectivity index (χ1) is 9.13. The van der Waals surface area contributed by atoms with E-state index in [1.165, 1.54) is 0 Å². The molecule has 104 valence electrons. The molecule has 4 nitrogen and oxygen atoms in total. The summed E-state index contributed by atoms with van der Waals surface area (Å²) >= 11 is 0. The van der Waals surface area contributed by atoms with E-state index < -0.39 is 0 Å². The summed E-state index contributed by atoms with van der Waals surface area (Å²) in [4.78, 5) is 14.5. The Kier molecular flexibility index (Phi) is 4.43. The van der Waals surface area contributed by atoms with E-state index in [9.17, 15) is 9.90 Å². The highest BCUT2D eigenvalue weighted by Gasteiger charge is 2.28. The Labute approximate surface area is 114 Å². The second-order valence-electron chi connectivity index (χ2n) is 5.23. The lowest BCUT2D eigenvalue weighted by atomic mass is 10.1. The van der Waals surface area contributed by atoms with E-state index >= 15 is 0 Å². The number of likely N-dealkylation sites (tertiary alicyclic amines) is 1. The van der Waals surface area contributed by atoms with Crippen LogP contribution in [0, 0.1) is 6.92 Å². The van der Waals surface area contributed by atoms with Gasteiger partial charge in [0.05, 0.1) is 0 Å². The molecule has 0 spiro atoms. The normalized spacial score (nSPS) is 18.8. The molecule has 0 aromatic heterocycles. The average molecular weight is 262 g/mol. The Bertz CT molecular complexity index is 459. The predicted molar refractivity (Wildman–Crippen MR) is 75.2 cm³/mol. The van der Waals surface area contributed by atoms with Crippen molar-refractivity contribution in [1.29, 1.82) is 0 Å². The van der Waals surface area contributed by atoms with E-state index in [2.05, 4.69) is 0 Å². The van der Waals surface area contributed by atoms with E-state index in [1.807, 2.05) is 11.8 Å². The number of benzene rings is 1. The molecule has 0 radical (unpaired) electrons. The number of nitrogens with two attached hydrogens (primary N) is 1. The zero-order valence-electron chi connectivity index (χ0n) is 11.4. The number of nitrogens with zero attached hydrogens (tertiary/aromatic N) is 1. The Balaban J connectivity index is 2.11. The number of hydrogen-bond acceptors (Lipinski definition) is 3. The molecule has 1 atom stereocenters. The van der Waals surface area contributed by atoms with Gasteiger partial charge in [-0.15, -0.1) is 0 Å². The molecule has 3 N–H and O–H groups in total. The second kappa shape index (κ2) is 6.06. The lowest BCUT2D eigenvalue weighted by Gasteiger charge is -2.25. The van der Waals surface area contributed by atoms with E-state index in [-0.39, 0.29) is 11.7 Å². The third kappa shape index (κ3) is 3.07. The molecule has 1 saturated heterocycles. The van der Waals surface area contributed by atoms with Gasteiger partial charge in [0.25, 0.3) is 5.91 Å². The number of rotatable bonds is 4. The molecule has 1 aromatic carbocycles. The maximum atomic E-state index is 12.5. The number of phenolic OH excluding ortho intramolecular Hbond substituents is 1. The maximum Gasteiger partial charge on any atom is 0.254 e. The zero-order valence-corrected chi connectivity index (χ0v) is 11.4. The van der Waals surface area contributed by atoms with Crippen LogP contribution in [0.5, 0.6) is 5.75 Å². The summed E-state index contributed by atoms with van der Waals surface area (Å²) in [5.41, 5.74) is 6.95. The van der Waals surface area contributed by atoms with Crippen LogP contribution in [-0.4, -0.2) is 35.0 Å². The van der Waals surface area contributed by atoms with Gasteiger partial charge in [0.1, 0.15) is 5.75 Å². The van der Waals surface area contributed by atoms with Gasteiger partial charge in [-0.2, -0.15) is 0 Å². The molecule has 1 unspecified atom stereocenters. The fourth-order valence-corrected chi connectivity index (χ4v) is 2.71. The fraction of sp³-hybridized carbons (Fsp3) is 0.533. The van der Waals surface area contributed by atoms with Crippen molar-refractivity contribution in [3.8, 4) is 5.75 Å². The van der Waals surface area contributed by atoms with Gasteiger partial charge in [-0.25, -0.2) is 0 Å². The summed E-state index contributed by atoms with van der Waals surface area (Å²) < 4.78 is 0. The van der Waals surface area contributed by atoms with Crippen LogP contribution in [0.1, 0.15) is 41.6 Å². The molecule has 1 aliphatic heterocycles. The summed E-state index contributed by atoms with van der Waals surface area (Å²) in [6, 6.07) is 5.37. The highest BCUT2D eigenvalue weighted by atomic mass is 16.3. The Morgan fingerprint density at radius 3 is 3.00 bits per heavy atom. The van der Waals surface area contributed by atoms with Crippen molar-refractivity contribution >= 4 is 5.91 Å². The quantitative estimate of drug-likeness (QED) is 0.872. The Morgan fingerprint density at radius 2 is 2.32 bits per heavy atom. The van der Waals surface area contributed by atoms with Crippen molar-refractivity contribution in [2.45, 2.75) is 38.6 Å². The van der Waals surface area contributed by atoms with Crippen LogP contribution in [0.3, 0.4) is 0 Å². The van der Waals surface area contributed by atoms with Gasteiger partial charge in [-0.3, -0.25) is 4.79 Å². The third-order valence-corrected chi connectivity index (χ3v) is 3.82. The summed E-state index contributed by atoms with van der Waals surface area (Å²) in [5.74, 6) is 0.306. The lowest BCUT2D eigenvalue weighted by molar-refractivity contribution is 0.0729. The molecule has 19 heavy (non-hydrogen) atoms. The first kappa shape index (κ1) is 13.9. The van der Waals surface area contributed by atoms with Crippen LogP contribution >= 0.6 is 0 Å². The summed E-state index contributed by atoms with van der Waals surface area (Å²) in [6.07, 6.45) is 4.09. The standard InChI is InChI=1S/C15H22N2O2/c1-11-10-12(6-7-14(11)18)15(19)17-9-3-5-13(17)4-2-8-16/h6-7,10,13,18H,2-5,8-9,16H2,1H3. The highest BCUT2D eigenvalue weighted by molar-refractivity contribution is 5.95. The van der Waals surface area contributed by atoms with Gasteiger partial charge >= 0.3 is 0 Å². The first-order valence-corrected chi connectivity index (χ1v) is 6.94. The molecule has 1 heterocycles. The molecule has 2 rings (SSSR count). The number of phenols is 1. The van der Waals surface area contributed by atoms with Crippen LogP contribution in [0.4, 0.5) is 0 Å². The second-order valence-corrected chi connectivity index (χ2v) is 5.23. The van der Waals surface area contributed by atoms with Gasteiger partial charge in [-0.05, 0) is 62.9 Å². The average Bonchev–Trinajstić information content (AvgIpc) is 2.87. The van der Waals surface area contributed by atoms with E-state index in [0.717, 1.165) is 37.8 Å². The molecular weight excluding hydrogens is 240 g/mol. The SMILES string of the molecule is Cc1cc(C(=O)N2CCCC2CCCN)ccc1O. The smallest absolute Gasteiger partial charge is 0.254 e. The molecular formula is C15H22N2O2. The van der Waals surface area contributed by atoms with Crippen LogP contribution in [0.2, 0.25) is 0 Å². The van der Waals surface area contributed by atoms with E-state index in [4.69, 9.17) is 5.73 Å².